The maximum atomic E-state index is 6.36. The lowest BCUT2D eigenvalue weighted by atomic mass is 9.75. The second-order valence-electron chi connectivity index (χ2n) is 7.23. The predicted molar refractivity (Wildman–Crippen MR) is 82.3 cm³/mol. The molecule has 2 unspecified atom stereocenters. The van der Waals surface area contributed by atoms with Gasteiger partial charge in [0.05, 0.1) is 0 Å². The SMILES string of the molecule is CN(CC1CCCCCC1N)CC1(N(C)C)CCC1. The van der Waals surface area contributed by atoms with Gasteiger partial charge in [0.2, 0.25) is 0 Å². The van der Waals surface area contributed by atoms with Crippen LogP contribution < -0.4 is 5.73 Å². The lowest BCUT2D eigenvalue weighted by Gasteiger charge is -2.49. The Hall–Kier alpha value is -0.120. The normalized spacial score (nSPS) is 31.3. The first kappa shape index (κ1) is 15.3. The van der Waals surface area contributed by atoms with E-state index in [9.17, 15) is 0 Å². The third kappa shape index (κ3) is 3.71. The molecule has 2 N–H and O–H groups in total. The van der Waals surface area contributed by atoms with E-state index >= 15 is 0 Å². The van der Waals surface area contributed by atoms with Crippen LogP contribution in [0.1, 0.15) is 51.4 Å². The Morgan fingerprint density at radius 2 is 1.68 bits per heavy atom. The second-order valence-corrected chi connectivity index (χ2v) is 7.23. The van der Waals surface area contributed by atoms with E-state index in [4.69, 9.17) is 5.73 Å². The van der Waals surface area contributed by atoms with Gasteiger partial charge in [0.15, 0.2) is 0 Å². The first-order chi connectivity index (χ1) is 9.03. The fourth-order valence-electron chi connectivity index (χ4n) is 3.94. The Labute approximate surface area is 119 Å². The molecule has 0 bridgehead atoms. The molecule has 0 amide bonds. The van der Waals surface area contributed by atoms with Crippen LogP contribution in [-0.2, 0) is 0 Å². The molecule has 3 heteroatoms. The van der Waals surface area contributed by atoms with Crippen molar-refractivity contribution < 1.29 is 0 Å². The zero-order chi connectivity index (χ0) is 13.9. The molecule has 0 aromatic rings. The number of nitrogens with zero attached hydrogens (tertiary/aromatic N) is 2. The molecule has 3 nitrogen and oxygen atoms in total. The predicted octanol–water partition coefficient (Wildman–Crippen LogP) is 2.31. The lowest BCUT2D eigenvalue weighted by molar-refractivity contribution is 0.0227. The van der Waals surface area contributed by atoms with Crippen molar-refractivity contribution in [2.24, 2.45) is 11.7 Å². The van der Waals surface area contributed by atoms with Gasteiger partial charge in [-0.25, -0.2) is 0 Å². The highest BCUT2D eigenvalue weighted by Crippen LogP contribution is 2.37. The molecule has 2 atom stereocenters. The molecule has 0 saturated heterocycles. The van der Waals surface area contributed by atoms with Crippen molar-refractivity contribution in [3.05, 3.63) is 0 Å². The van der Waals surface area contributed by atoms with Gasteiger partial charge in [-0.3, -0.25) is 0 Å². The van der Waals surface area contributed by atoms with E-state index in [-0.39, 0.29) is 0 Å². The van der Waals surface area contributed by atoms with Crippen molar-refractivity contribution in [1.82, 2.24) is 9.80 Å². The summed E-state index contributed by atoms with van der Waals surface area (Å²) in [4.78, 5) is 5.00. The summed E-state index contributed by atoms with van der Waals surface area (Å²) in [6.45, 7) is 2.40. The molecule has 2 fully saturated rings. The van der Waals surface area contributed by atoms with Crippen molar-refractivity contribution in [3.63, 3.8) is 0 Å². The van der Waals surface area contributed by atoms with Crippen LogP contribution in [0.5, 0.6) is 0 Å². The number of nitrogens with two attached hydrogens (primary N) is 1. The molecule has 2 aliphatic carbocycles. The Balaban J connectivity index is 1.84. The van der Waals surface area contributed by atoms with Gasteiger partial charge in [0.25, 0.3) is 0 Å². The highest BCUT2D eigenvalue weighted by Gasteiger charge is 2.40. The minimum atomic E-state index is 0.432. The van der Waals surface area contributed by atoms with Crippen LogP contribution in [0.25, 0.3) is 0 Å². The standard InChI is InChI=1S/C16H33N3/c1-18(2)16(10-7-11-16)13-19(3)12-14-8-5-4-6-9-15(14)17/h14-15H,4-13,17H2,1-3H3. The molecule has 2 saturated carbocycles. The van der Waals surface area contributed by atoms with E-state index < -0.39 is 0 Å². The summed E-state index contributed by atoms with van der Waals surface area (Å²) in [6, 6.07) is 0.432. The smallest absolute Gasteiger partial charge is 0.0330 e. The zero-order valence-corrected chi connectivity index (χ0v) is 13.2. The summed E-state index contributed by atoms with van der Waals surface area (Å²) in [5, 5.41) is 0. The molecular weight excluding hydrogens is 234 g/mol. The third-order valence-electron chi connectivity index (χ3n) is 5.56. The molecular formula is C16H33N3. The van der Waals surface area contributed by atoms with Gasteiger partial charge in [-0.05, 0) is 59.2 Å². The van der Waals surface area contributed by atoms with Gasteiger partial charge >= 0.3 is 0 Å². The number of likely N-dealkylation sites (N-methyl/N-ethyl adjacent to an activating group) is 2. The largest absolute Gasteiger partial charge is 0.327 e. The molecule has 112 valence electrons. The summed E-state index contributed by atoms with van der Waals surface area (Å²) >= 11 is 0. The first-order valence-electron chi connectivity index (χ1n) is 8.15. The number of hydrogen-bond donors (Lipinski definition) is 1. The van der Waals surface area contributed by atoms with Crippen molar-refractivity contribution >= 4 is 0 Å². The van der Waals surface area contributed by atoms with Crippen LogP contribution >= 0.6 is 0 Å². The summed E-state index contributed by atoms with van der Waals surface area (Å²) in [7, 11) is 6.77. The van der Waals surface area contributed by atoms with Gasteiger partial charge in [-0.2, -0.15) is 0 Å². The zero-order valence-electron chi connectivity index (χ0n) is 13.2. The quantitative estimate of drug-likeness (QED) is 0.776. The molecule has 2 rings (SSSR count). The second kappa shape index (κ2) is 6.55. The highest BCUT2D eigenvalue weighted by molar-refractivity contribution is 4.98. The van der Waals surface area contributed by atoms with Gasteiger partial charge < -0.3 is 15.5 Å². The molecule has 0 radical (unpaired) electrons. The van der Waals surface area contributed by atoms with Crippen LogP contribution in [0.4, 0.5) is 0 Å². The maximum absolute atomic E-state index is 6.36. The Morgan fingerprint density at radius 3 is 2.26 bits per heavy atom. The van der Waals surface area contributed by atoms with Crippen LogP contribution in [0.15, 0.2) is 0 Å². The molecule has 0 heterocycles. The van der Waals surface area contributed by atoms with Crippen molar-refractivity contribution in [1.29, 1.82) is 0 Å². The summed E-state index contributed by atoms with van der Waals surface area (Å²) in [5.74, 6) is 0.715. The van der Waals surface area contributed by atoms with E-state index in [1.54, 1.807) is 0 Å². The molecule has 0 aromatic carbocycles. The van der Waals surface area contributed by atoms with Gasteiger partial charge in [-0.15, -0.1) is 0 Å². The van der Waals surface area contributed by atoms with E-state index in [2.05, 4.69) is 30.9 Å². The molecule has 0 aromatic heterocycles. The average Bonchev–Trinajstić information content (AvgIpc) is 2.49. The maximum Gasteiger partial charge on any atom is 0.0330 e. The molecule has 0 aliphatic heterocycles. The highest BCUT2D eigenvalue weighted by atomic mass is 15.2. The van der Waals surface area contributed by atoms with E-state index in [0.29, 0.717) is 17.5 Å². The number of hydrogen-bond acceptors (Lipinski definition) is 3. The van der Waals surface area contributed by atoms with E-state index in [1.807, 2.05) is 0 Å². The Morgan fingerprint density at radius 1 is 1.00 bits per heavy atom. The lowest BCUT2D eigenvalue weighted by Crippen LogP contribution is -2.57. The van der Waals surface area contributed by atoms with Crippen LogP contribution in [0.2, 0.25) is 0 Å². The molecule has 2 aliphatic rings. The van der Waals surface area contributed by atoms with Gasteiger partial charge in [0.1, 0.15) is 0 Å². The Bertz CT molecular complexity index is 273. The summed E-state index contributed by atoms with van der Waals surface area (Å²) in [5.41, 5.74) is 6.81. The van der Waals surface area contributed by atoms with Crippen molar-refractivity contribution in [2.75, 3.05) is 34.2 Å². The minimum absolute atomic E-state index is 0.432. The number of rotatable bonds is 5. The minimum Gasteiger partial charge on any atom is -0.327 e. The molecule has 0 spiro atoms. The topological polar surface area (TPSA) is 32.5 Å². The monoisotopic (exact) mass is 267 g/mol. The van der Waals surface area contributed by atoms with Crippen molar-refractivity contribution in [3.8, 4) is 0 Å². The average molecular weight is 267 g/mol. The van der Waals surface area contributed by atoms with Crippen LogP contribution in [0, 0.1) is 5.92 Å². The van der Waals surface area contributed by atoms with E-state index in [1.165, 1.54) is 64.5 Å². The summed E-state index contributed by atoms with van der Waals surface area (Å²) < 4.78 is 0. The van der Waals surface area contributed by atoms with Gasteiger partial charge in [0, 0.05) is 24.7 Å². The van der Waals surface area contributed by atoms with Gasteiger partial charge in [-0.1, -0.05) is 19.3 Å². The van der Waals surface area contributed by atoms with Crippen LogP contribution in [0.3, 0.4) is 0 Å². The van der Waals surface area contributed by atoms with Crippen molar-refractivity contribution in [2.45, 2.75) is 62.9 Å². The Kier molecular flexibility index (Phi) is 5.27. The fraction of sp³-hybridized carbons (Fsp3) is 1.00. The first-order valence-corrected chi connectivity index (χ1v) is 8.15. The molecule has 19 heavy (non-hydrogen) atoms. The van der Waals surface area contributed by atoms with E-state index in [0.717, 1.165) is 0 Å². The fourth-order valence-corrected chi connectivity index (χ4v) is 3.94. The third-order valence-corrected chi connectivity index (χ3v) is 5.56. The van der Waals surface area contributed by atoms with Crippen LogP contribution in [-0.4, -0.2) is 55.6 Å². The summed E-state index contributed by atoms with van der Waals surface area (Å²) in [6.07, 6.45) is 10.8.